The van der Waals surface area contributed by atoms with Crippen molar-refractivity contribution < 1.29 is 8.42 Å². The first kappa shape index (κ1) is 10.9. The molecule has 1 rings (SSSR count). The minimum absolute atomic E-state index is 0.247. The minimum Gasteiger partial charge on any atom is -0.317 e. The molecule has 0 atom stereocenters. The van der Waals surface area contributed by atoms with Crippen molar-refractivity contribution in [2.24, 2.45) is 0 Å². The van der Waals surface area contributed by atoms with Crippen LogP contribution in [0.5, 0.6) is 0 Å². The Hall–Kier alpha value is -0.130. The van der Waals surface area contributed by atoms with Crippen LogP contribution >= 0.6 is 0 Å². The van der Waals surface area contributed by atoms with Gasteiger partial charge in [-0.05, 0) is 25.9 Å². The zero-order chi connectivity index (χ0) is 9.73. The van der Waals surface area contributed by atoms with Crippen LogP contribution in [0, 0.1) is 0 Å². The summed E-state index contributed by atoms with van der Waals surface area (Å²) in [5.74, 6) is 0.247. The standard InChI is InChI=1S/C8H18N2O2S/c1-13(11,12)7-6-10-8-2-4-9-5-3-8/h8-10H,2-7H2,1H3. The van der Waals surface area contributed by atoms with E-state index >= 15 is 0 Å². The summed E-state index contributed by atoms with van der Waals surface area (Å²) < 4.78 is 21.6. The predicted molar refractivity (Wildman–Crippen MR) is 53.6 cm³/mol. The van der Waals surface area contributed by atoms with Crippen LogP contribution in [0.2, 0.25) is 0 Å². The Morgan fingerprint density at radius 3 is 2.54 bits per heavy atom. The molecule has 0 aromatic rings. The Labute approximate surface area is 80.0 Å². The first-order valence-corrected chi connectivity index (χ1v) is 6.76. The van der Waals surface area contributed by atoms with Crippen LogP contribution in [-0.2, 0) is 9.84 Å². The second-order valence-corrected chi connectivity index (χ2v) is 5.87. The van der Waals surface area contributed by atoms with Crippen molar-refractivity contribution in [1.82, 2.24) is 10.6 Å². The summed E-state index contributed by atoms with van der Waals surface area (Å²) in [5.41, 5.74) is 0. The Balaban J connectivity index is 2.11. The molecule has 0 aromatic heterocycles. The van der Waals surface area contributed by atoms with Gasteiger partial charge in [-0.1, -0.05) is 0 Å². The monoisotopic (exact) mass is 206 g/mol. The molecule has 4 nitrogen and oxygen atoms in total. The fourth-order valence-electron chi connectivity index (χ4n) is 1.47. The van der Waals surface area contributed by atoms with Crippen LogP contribution in [0.4, 0.5) is 0 Å². The minimum atomic E-state index is -2.80. The van der Waals surface area contributed by atoms with Crippen molar-refractivity contribution in [2.45, 2.75) is 18.9 Å². The van der Waals surface area contributed by atoms with Gasteiger partial charge in [0, 0.05) is 18.8 Å². The van der Waals surface area contributed by atoms with E-state index in [0.717, 1.165) is 25.9 Å². The van der Waals surface area contributed by atoms with E-state index in [1.54, 1.807) is 0 Å². The van der Waals surface area contributed by atoms with Gasteiger partial charge in [-0.3, -0.25) is 0 Å². The molecule has 1 aliphatic rings. The van der Waals surface area contributed by atoms with Gasteiger partial charge in [0.15, 0.2) is 0 Å². The highest BCUT2D eigenvalue weighted by Crippen LogP contribution is 2.00. The van der Waals surface area contributed by atoms with E-state index < -0.39 is 9.84 Å². The molecule has 0 aliphatic carbocycles. The normalized spacial score (nSPS) is 20.4. The van der Waals surface area contributed by atoms with Crippen molar-refractivity contribution in [1.29, 1.82) is 0 Å². The van der Waals surface area contributed by atoms with Crippen molar-refractivity contribution in [3.8, 4) is 0 Å². The maximum Gasteiger partial charge on any atom is 0.148 e. The van der Waals surface area contributed by atoms with E-state index in [1.807, 2.05) is 0 Å². The summed E-state index contributed by atoms with van der Waals surface area (Å²) in [5, 5.41) is 6.52. The van der Waals surface area contributed by atoms with Crippen molar-refractivity contribution >= 4 is 9.84 Å². The maximum absolute atomic E-state index is 10.8. The number of hydrogen-bond donors (Lipinski definition) is 2. The lowest BCUT2D eigenvalue weighted by Gasteiger charge is -2.23. The van der Waals surface area contributed by atoms with E-state index in [0.29, 0.717) is 12.6 Å². The predicted octanol–water partition coefficient (Wildman–Crippen LogP) is -0.627. The molecule has 0 bridgehead atoms. The lowest BCUT2D eigenvalue weighted by atomic mass is 10.1. The molecule has 13 heavy (non-hydrogen) atoms. The van der Waals surface area contributed by atoms with Gasteiger partial charge in [-0.25, -0.2) is 8.42 Å². The second-order valence-electron chi connectivity index (χ2n) is 3.61. The molecule has 1 fully saturated rings. The SMILES string of the molecule is CS(=O)(=O)CCNC1CCNCC1. The number of hydrogen-bond acceptors (Lipinski definition) is 4. The van der Waals surface area contributed by atoms with Crippen LogP contribution in [0.1, 0.15) is 12.8 Å². The third kappa shape index (κ3) is 5.23. The lowest BCUT2D eigenvalue weighted by Crippen LogP contribution is -2.41. The van der Waals surface area contributed by atoms with E-state index in [9.17, 15) is 8.42 Å². The molecule has 2 N–H and O–H groups in total. The molecular formula is C8H18N2O2S. The van der Waals surface area contributed by atoms with E-state index in [4.69, 9.17) is 0 Å². The highest BCUT2D eigenvalue weighted by molar-refractivity contribution is 7.90. The molecule has 0 saturated carbocycles. The van der Waals surface area contributed by atoms with Crippen LogP contribution < -0.4 is 10.6 Å². The van der Waals surface area contributed by atoms with Crippen LogP contribution in [0.3, 0.4) is 0 Å². The topological polar surface area (TPSA) is 58.2 Å². The maximum atomic E-state index is 10.8. The summed E-state index contributed by atoms with van der Waals surface area (Å²) in [7, 11) is -2.80. The molecule has 0 unspecified atom stereocenters. The highest BCUT2D eigenvalue weighted by atomic mass is 32.2. The Kier molecular flexibility index (Phi) is 4.15. The summed E-state index contributed by atoms with van der Waals surface area (Å²) >= 11 is 0. The number of rotatable bonds is 4. The van der Waals surface area contributed by atoms with E-state index in [-0.39, 0.29) is 5.75 Å². The van der Waals surface area contributed by atoms with Gasteiger partial charge < -0.3 is 10.6 Å². The van der Waals surface area contributed by atoms with Gasteiger partial charge in [0.1, 0.15) is 9.84 Å². The summed E-state index contributed by atoms with van der Waals surface area (Å²) in [6, 6.07) is 0.503. The quantitative estimate of drug-likeness (QED) is 0.643. The fourth-order valence-corrected chi connectivity index (χ4v) is 1.96. The number of sulfone groups is 1. The first-order chi connectivity index (χ1) is 6.08. The van der Waals surface area contributed by atoms with Crippen LogP contribution in [0.15, 0.2) is 0 Å². The Morgan fingerprint density at radius 1 is 1.38 bits per heavy atom. The summed E-state index contributed by atoms with van der Waals surface area (Å²) in [6.07, 6.45) is 3.48. The Bertz CT molecular complexity index is 233. The first-order valence-electron chi connectivity index (χ1n) is 4.70. The van der Waals surface area contributed by atoms with E-state index in [1.165, 1.54) is 6.26 Å². The molecule has 0 radical (unpaired) electrons. The molecule has 1 heterocycles. The van der Waals surface area contributed by atoms with Crippen molar-refractivity contribution in [2.75, 3.05) is 31.6 Å². The second kappa shape index (κ2) is 4.93. The van der Waals surface area contributed by atoms with Crippen molar-refractivity contribution in [3.05, 3.63) is 0 Å². The zero-order valence-corrected chi connectivity index (χ0v) is 8.86. The molecule has 0 aromatic carbocycles. The third-order valence-electron chi connectivity index (χ3n) is 2.25. The molecule has 1 aliphatic heterocycles. The number of nitrogens with one attached hydrogen (secondary N) is 2. The molecule has 0 spiro atoms. The van der Waals surface area contributed by atoms with E-state index in [2.05, 4.69) is 10.6 Å². The average molecular weight is 206 g/mol. The molecular weight excluding hydrogens is 188 g/mol. The molecule has 1 saturated heterocycles. The van der Waals surface area contributed by atoms with Gasteiger partial charge in [0.25, 0.3) is 0 Å². The highest BCUT2D eigenvalue weighted by Gasteiger charge is 2.12. The summed E-state index contributed by atoms with van der Waals surface area (Å²) in [6.45, 7) is 2.66. The van der Waals surface area contributed by atoms with Crippen LogP contribution in [0.25, 0.3) is 0 Å². The van der Waals surface area contributed by atoms with Crippen LogP contribution in [-0.4, -0.2) is 46.1 Å². The fraction of sp³-hybridized carbons (Fsp3) is 1.00. The summed E-state index contributed by atoms with van der Waals surface area (Å²) in [4.78, 5) is 0. The van der Waals surface area contributed by atoms with Gasteiger partial charge in [0.2, 0.25) is 0 Å². The molecule has 0 amide bonds. The third-order valence-corrected chi connectivity index (χ3v) is 3.19. The zero-order valence-electron chi connectivity index (χ0n) is 8.04. The Morgan fingerprint density at radius 2 is 2.00 bits per heavy atom. The average Bonchev–Trinajstić information content (AvgIpc) is 2.04. The van der Waals surface area contributed by atoms with Gasteiger partial charge in [-0.15, -0.1) is 0 Å². The lowest BCUT2D eigenvalue weighted by molar-refractivity contribution is 0.394. The van der Waals surface area contributed by atoms with Gasteiger partial charge >= 0.3 is 0 Å². The smallest absolute Gasteiger partial charge is 0.148 e. The van der Waals surface area contributed by atoms with Crippen molar-refractivity contribution in [3.63, 3.8) is 0 Å². The largest absolute Gasteiger partial charge is 0.317 e. The van der Waals surface area contributed by atoms with Gasteiger partial charge in [-0.2, -0.15) is 0 Å². The molecule has 78 valence electrons. The van der Waals surface area contributed by atoms with Gasteiger partial charge in [0.05, 0.1) is 5.75 Å². The molecule has 5 heteroatoms. The number of piperidine rings is 1.